The van der Waals surface area contributed by atoms with Crippen LogP contribution in [0.3, 0.4) is 0 Å². The number of anilines is 1. The normalized spacial score (nSPS) is 21.4. The number of ketones is 1. The van der Waals surface area contributed by atoms with Crippen molar-refractivity contribution in [3.63, 3.8) is 0 Å². The molecule has 0 radical (unpaired) electrons. The van der Waals surface area contributed by atoms with Crippen LogP contribution in [0.4, 0.5) is 11.4 Å². The second kappa shape index (κ2) is 9.59. The highest BCUT2D eigenvalue weighted by Crippen LogP contribution is 2.61. The van der Waals surface area contributed by atoms with Crippen molar-refractivity contribution in [2.75, 3.05) is 11.5 Å². The Morgan fingerprint density at radius 1 is 0.714 bits per heavy atom. The molecule has 9 nitrogen and oxygen atoms in total. The number of nitro benzene ring substituents is 1. The van der Waals surface area contributed by atoms with Crippen molar-refractivity contribution in [3.8, 4) is 0 Å². The van der Waals surface area contributed by atoms with Gasteiger partial charge >= 0.3 is 5.97 Å². The molecule has 0 spiro atoms. The minimum atomic E-state index is -0.827. The number of nitro groups is 1. The van der Waals surface area contributed by atoms with Crippen LogP contribution >= 0.6 is 0 Å². The summed E-state index contributed by atoms with van der Waals surface area (Å²) in [5.41, 5.74) is 4.37. The molecule has 0 N–H and O–H groups in total. The van der Waals surface area contributed by atoms with Gasteiger partial charge in [-0.2, -0.15) is 0 Å². The number of carbonyl (C=O) groups excluding carboxylic acids is 4. The molecule has 42 heavy (non-hydrogen) atoms. The van der Waals surface area contributed by atoms with E-state index in [1.54, 1.807) is 12.1 Å². The van der Waals surface area contributed by atoms with E-state index >= 15 is 0 Å². The average Bonchev–Trinajstić information content (AvgIpc) is 3.29. The summed E-state index contributed by atoms with van der Waals surface area (Å²) < 4.78 is 5.19. The molecule has 2 amide bonds. The van der Waals surface area contributed by atoms with E-state index in [9.17, 15) is 29.3 Å². The van der Waals surface area contributed by atoms with Crippen molar-refractivity contribution in [1.29, 1.82) is 0 Å². The maximum atomic E-state index is 14.0. The van der Waals surface area contributed by atoms with Crippen LogP contribution in [0.15, 0.2) is 97.1 Å². The van der Waals surface area contributed by atoms with Crippen molar-refractivity contribution in [3.05, 3.63) is 141 Å². The molecule has 0 saturated carbocycles. The SMILES string of the molecule is O=C(COC(=O)c1cccc(N2C(=O)[C@H]3C4c5ccccc5C(c5ccccc54)[C@@H]3C2=O)c1)c1cccc([N+](=O)[O-])c1. The van der Waals surface area contributed by atoms with Gasteiger partial charge in [0.2, 0.25) is 17.6 Å². The zero-order valence-corrected chi connectivity index (χ0v) is 22.0. The van der Waals surface area contributed by atoms with Gasteiger partial charge in [-0.05, 0) is 40.5 Å². The van der Waals surface area contributed by atoms with Crippen LogP contribution in [0.5, 0.6) is 0 Å². The molecule has 4 aliphatic rings. The van der Waals surface area contributed by atoms with Crippen molar-refractivity contribution in [2.45, 2.75) is 11.8 Å². The molecule has 4 aromatic rings. The molecule has 9 heteroatoms. The smallest absolute Gasteiger partial charge is 0.338 e. The number of benzene rings is 4. The van der Waals surface area contributed by atoms with Gasteiger partial charge in [0.15, 0.2) is 6.61 Å². The van der Waals surface area contributed by atoms with Crippen molar-refractivity contribution >= 4 is 34.9 Å². The molecule has 3 aliphatic carbocycles. The summed E-state index contributed by atoms with van der Waals surface area (Å²) in [6, 6.07) is 27.1. The third-order valence-corrected chi connectivity index (χ3v) is 8.50. The molecule has 206 valence electrons. The van der Waals surface area contributed by atoms with Gasteiger partial charge in [0.25, 0.3) is 5.69 Å². The number of Topliss-reactive ketones (excluding diaryl/α,β-unsaturated/α-hetero) is 1. The standard InChI is InChI=1S/C33H22N2O7/c36-26(18-7-5-10-21(15-18)35(40)41)17-42-33(39)19-8-6-9-20(16-19)34-31(37)29-27-22-11-1-2-12-23(22)28(30(29)32(34)38)25-14-4-3-13-24(25)27/h1-16,27-30H,17H2/t27?,28?,29-,30-/m0/s1. The topological polar surface area (TPSA) is 124 Å². The number of carbonyl (C=O) groups is 4. The van der Waals surface area contributed by atoms with Crippen LogP contribution < -0.4 is 4.90 Å². The molecular formula is C33H22N2O7. The molecule has 1 saturated heterocycles. The lowest BCUT2D eigenvalue weighted by atomic mass is 9.55. The Morgan fingerprint density at radius 2 is 1.24 bits per heavy atom. The number of nitrogens with zero attached hydrogens (tertiary/aromatic N) is 2. The third kappa shape index (κ3) is 3.77. The van der Waals surface area contributed by atoms with Crippen LogP contribution in [0.1, 0.15) is 54.8 Å². The lowest BCUT2D eigenvalue weighted by Crippen LogP contribution is -2.41. The van der Waals surface area contributed by atoms with E-state index in [0.29, 0.717) is 0 Å². The molecule has 2 bridgehead atoms. The summed E-state index contributed by atoms with van der Waals surface area (Å²) in [6.07, 6.45) is 0. The van der Waals surface area contributed by atoms with E-state index in [2.05, 4.69) is 0 Å². The Bertz CT molecular complexity index is 1730. The Labute approximate surface area is 239 Å². The van der Waals surface area contributed by atoms with Gasteiger partial charge in [0.1, 0.15) is 0 Å². The first kappa shape index (κ1) is 25.5. The predicted octanol–water partition coefficient (Wildman–Crippen LogP) is 5.03. The van der Waals surface area contributed by atoms with Gasteiger partial charge in [-0.3, -0.25) is 24.5 Å². The van der Waals surface area contributed by atoms with E-state index in [1.807, 2.05) is 48.5 Å². The lowest BCUT2D eigenvalue weighted by molar-refractivity contribution is -0.384. The third-order valence-electron chi connectivity index (χ3n) is 8.50. The molecule has 0 unspecified atom stereocenters. The highest BCUT2D eigenvalue weighted by Gasteiger charge is 2.61. The molecular weight excluding hydrogens is 536 g/mol. The van der Waals surface area contributed by atoms with Gasteiger partial charge in [-0.25, -0.2) is 9.69 Å². The number of non-ortho nitro benzene ring substituents is 1. The number of hydrogen-bond donors (Lipinski definition) is 0. The largest absolute Gasteiger partial charge is 0.454 e. The number of ether oxygens (including phenoxy) is 1. The Kier molecular flexibility index (Phi) is 5.83. The second-order valence-corrected chi connectivity index (χ2v) is 10.6. The minimum absolute atomic E-state index is 0.0400. The van der Waals surface area contributed by atoms with Crippen LogP contribution in [-0.2, 0) is 14.3 Å². The molecule has 1 heterocycles. The van der Waals surface area contributed by atoms with Gasteiger partial charge in [-0.15, -0.1) is 0 Å². The Hall–Kier alpha value is -5.44. The monoisotopic (exact) mass is 558 g/mol. The van der Waals surface area contributed by atoms with Crippen molar-refractivity contribution in [2.24, 2.45) is 11.8 Å². The van der Waals surface area contributed by atoms with E-state index in [4.69, 9.17) is 4.74 Å². The van der Waals surface area contributed by atoms with Crippen molar-refractivity contribution in [1.82, 2.24) is 0 Å². The summed E-state index contributed by atoms with van der Waals surface area (Å²) in [5, 5.41) is 11.0. The molecule has 8 rings (SSSR count). The summed E-state index contributed by atoms with van der Waals surface area (Å²) >= 11 is 0. The van der Waals surface area contributed by atoms with E-state index in [-0.39, 0.29) is 46.2 Å². The van der Waals surface area contributed by atoms with Gasteiger partial charge < -0.3 is 4.74 Å². The lowest BCUT2D eigenvalue weighted by Gasteiger charge is -2.45. The highest BCUT2D eigenvalue weighted by atomic mass is 16.6. The zero-order valence-electron chi connectivity index (χ0n) is 22.0. The number of imide groups is 1. The summed E-state index contributed by atoms with van der Waals surface area (Å²) in [6.45, 7) is -0.629. The number of amides is 2. The van der Waals surface area contributed by atoms with E-state index in [1.165, 1.54) is 35.2 Å². The highest BCUT2D eigenvalue weighted by molar-refractivity contribution is 6.23. The number of esters is 1. The number of hydrogen-bond acceptors (Lipinski definition) is 7. The number of rotatable bonds is 6. The van der Waals surface area contributed by atoms with Gasteiger partial charge in [0, 0.05) is 29.5 Å². The van der Waals surface area contributed by atoms with Crippen molar-refractivity contribution < 1.29 is 28.8 Å². The van der Waals surface area contributed by atoms with Gasteiger partial charge in [-0.1, -0.05) is 66.7 Å². The Morgan fingerprint density at radius 3 is 1.79 bits per heavy atom. The second-order valence-electron chi connectivity index (χ2n) is 10.6. The maximum Gasteiger partial charge on any atom is 0.338 e. The predicted molar refractivity (Wildman–Crippen MR) is 150 cm³/mol. The maximum absolute atomic E-state index is 14.0. The van der Waals surface area contributed by atoms with Crippen LogP contribution in [-0.4, -0.2) is 35.1 Å². The minimum Gasteiger partial charge on any atom is -0.454 e. The first-order valence-electron chi connectivity index (χ1n) is 13.5. The van der Waals surface area contributed by atoms with Crippen LogP contribution in [0.2, 0.25) is 0 Å². The zero-order chi connectivity index (χ0) is 29.1. The van der Waals surface area contributed by atoms with Gasteiger partial charge in [0.05, 0.1) is 28.0 Å². The Balaban J connectivity index is 1.15. The summed E-state index contributed by atoms with van der Waals surface area (Å²) in [7, 11) is 0. The van der Waals surface area contributed by atoms with E-state index in [0.717, 1.165) is 28.3 Å². The molecule has 1 fully saturated rings. The average molecular weight is 559 g/mol. The fourth-order valence-corrected chi connectivity index (χ4v) is 6.79. The summed E-state index contributed by atoms with van der Waals surface area (Å²) in [4.78, 5) is 64.9. The fraction of sp³-hybridized carbons (Fsp3) is 0.152. The molecule has 4 aromatic carbocycles. The molecule has 1 aliphatic heterocycles. The van der Waals surface area contributed by atoms with E-state index < -0.39 is 35.1 Å². The fourth-order valence-electron chi connectivity index (χ4n) is 6.79. The molecule has 0 aromatic heterocycles. The summed E-state index contributed by atoms with van der Waals surface area (Å²) in [5.74, 6) is -3.67. The molecule has 2 atom stereocenters. The van der Waals surface area contributed by atoms with Crippen LogP contribution in [0, 0.1) is 22.0 Å². The first-order chi connectivity index (χ1) is 20.3. The quantitative estimate of drug-likeness (QED) is 0.107. The first-order valence-corrected chi connectivity index (χ1v) is 13.5. The van der Waals surface area contributed by atoms with Crippen LogP contribution in [0.25, 0.3) is 0 Å².